The van der Waals surface area contributed by atoms with E-state index in [1.165, 1.54) is 0 Å². The van der Waals surface area contributed by atoms with E-state index >= 15 is 0 Å². The molecule has 0 amide bonds. The predicted octanol–water partition coefficient (Wildman–Crippen LogP) is 3.85. The average molecular weight is 316 g/mol. The van der Waals surface area contributed by atoms with E-state index in [9.17, 15) is 5.26 Å². The number of nitrogens with zero attached hydrogens (tertiary/aromatic N) is 4. The summed E-state index contributed by atoms with van der Waals surface area (Å²) in [5, 5.41) is 23.8. The van der Waals surface area contributed by atoms with Crippen LogP contribution >= 0.6 is 0 Å². The topological polar surface area (TPSA) is 86.5 Å². The molecular weight excluding hydrogens is 300 g/mol. The SMILES string of the molecule is Cc1nnc(Nc2ccc(Nc3ccccc3)nc2)c(C#N)c1C. The summed E-state index contributed by atoms with van der Waals surface area (Å²) >= 11 is 0. The summed E-state index contributed by atoms with van der Waals surface area (Å²) in [6.07, 6.45) is 1.68. The second-order valence-electron chi connectivity index (χ2n) is 5.29. The maximum absolute atomic E-state index is 9.33. The third-order valence-electron chi connectivity index (χ3n) is 3.64. The van der Waals surface area contributed by atoms with Crippen molar-refractivity contribution in [2.24, 2.45) is 0 Å². The fourth-order valence-electron chi connectivity index (χ4n) is 2.18. The molecule has 0 fully saturated rings. The van der Waals surface area contributed by atoms with E-state index in [1.807, 2.05) is 56.3 Å². The van der Waals surface area contributed by atoms with Gasteiger partial charge in [0, 0.05) is 5.69 Å². The molecular formula is C18H16N6. The maximum Gasteiger partial charge on any atom is 0.171 e. The van der Waals surface area contributed by atoms with Crippen LogP contribution in [0.25, 0.3) is 0 Å². The second-order valence-corrected chi connectivity index (χ2v) is 5.29. The summed E-state index contributed by atoms with van der Waals surface area (Å²) in [5.41, 5.74) is 3.78. The Kier molecular flexibility index (Phi) is 4.34. The van der Waals surface area contributed by atoms with Gasteiger partial charge >= 0.3 is 0 Å². The Morgan fingerprint density at radius 1 is 0.917 bits per heavy atom. The molecule has 0 aliphatic rings. The summed E-state index contributed by atoms with van der Waals surface area (Å²) in [6, 6.07) is 15.7. The number of aryl methyl sites for hydroxylation is 1. The van der Waals surface area contributed by atoms with Crippen LogP contribution in [0.3, 0.4) is 0 Å². The molecule has 6 heteroatoms. The van der Waals surface area contributed by atoms with E-state index in [2.05, 4.69) is 31.9 Å². The zero-order valence-corrected chi connectivity index (χ0v) is 13.4. The van der Waals surface area contributed by atoms with Gasteiger partial charge in [0.2, 0.25) is 0 Å². The Morgan fingerprint density at radius 3 is 2.38 bits per heavy atom. The van der Waals surface area contributed by atoms with Crippen LogP contribution in [0.4, 0.5) is 23.0 Å². The molecule has 2 N–H and O–H groups in total. The number of pyridine rings is 1. The summed E-state index contributed by atoms with van der Waals surface area (Å²) < 4.78 is 0. The van der Waals surface area contributed by atoms with Crippen molar-refractivity contribution in [3.05, 3.63) is 65.5 Å². The average Bonchev–Trinajstić information content (AvgIpc) is 2.61. The molecule has 0 saturated heterocycles. The van der Waals surface area contributed by atoms with E-state index in [4.69, 9.17) is 0 Å². The molecule has 6 nitrogen and oxygen atoms in total. The zero-order chi connectivity index (χ0) is 16.9. The maximum atomic E-state index is 9.33. The van der Waals surface area contributed by atoms with Crippen LogP contribution in [0.1, 0.15) is 16.8 Å². The number of hydrogen-bond donors (Lipinski definition) is 2. The van der Waals surface area contributed by atoms with Crippen molar-refractivity contribution in [1.29, 1.82) is 5.26 Å². The molecule has 0 aliphatic carbocycles. The van der Waals surface area contributed by atoms with Gasteiger partial charge in [-0.2, -0.15) is 10.4 Å². The van der Waals surface area contributed by atoms with Gasteiger partial charge in [-0.05, 0) is 43.7 Å². The van der Waals surface area contributed by atoms with Crippen LogP contribution in [0.2, 0.25) is 0 Å². The highest BCUT2D eigenvalue weighted by Crippen LogP contribution is 2.22. The monoisotopic (exact) mass is 316 g/mol. The number of nitriles is 1. The smallest absolute Gasteiger partial charge is 0.171 e. The van der Waals surface area contributed by atoms with Crippen molar-refractivity contribution in [2.75, 3.05) is 10.6 Å². The van der Waals surface area contributed by atoms with Crippen LogP contribution in [0, 0.1) is 25.2 Å². The van der Waals surface area contributed by atoms with Gasteiger partial charge in [0.1, 0.15) is 17.5 Å². The number of rotatable bonds is 4. The highest BCUT2D eigenvalue weighted by atomic mass is 15.2. The summed E-state index contributed by atoms with van der Waals surface area (Å²) in [6.45, 7) is 3.69. The molecule has 118 valence electrons. The first-order chi connectivity index (χ1) is 11.7. The number of nitrogens with one attached hydrogen (secondary N) is 2. The lowest BCUT2D eigenvalue weighted by Crippen LogP contribution is -2.04. The zero-order valence-electron chi connectivity index (χ0n) is 13.4. The van der Waals surface area contributed by atoms with Gasteiger partial charge < -0.3 is 10.6 Å². The molecule has 0 unspecified atom stereocenters. The van der Waals surface area contributed by atoms with Gasteiger partial charge in [-0.25, -0.2) is 4.98 Å². The Hall–Kier alpha value is -3.46. The van der Waals surface area contributed by atoms with Crippen molar-refractivity contribution >= 4 is 23.0 Å². The fourth-order valence-corrected chi connectivity index (χ4v) is 2.18. The first-order valence-electron chi connectivity index (χ1n) is 7.46. The second kappa shape index (κ2) is 6.75. The van der Waals surface area contributed by atoms with Gasteiger partial charge in [-0.1, -0.05) is 18.2 Å². The van der Waals surface area contributed by atoms with Gasteiger partial charge in [-0.15, -0.1) is 5.10 Å². The third kappa shape index (κ3) is 3.31. The Labute approximate surface area is 140 Å². The van der Waals surface area contributed by atoms with E-state index in [0.29, 0.717) is 11.4 Å². The lowest BCUT2D eigenvalue weighted by Gasteiger charge is -2.10. The van der Waals surface area contributed by atoms with Crippen molar-refractivity contribution in [1.82, 2.24) is 15.2 Å². The number of hydrogen-bond acceptors (Lipinski definition) is 6. The molecule has 2 heterocycles. The van der Waals surface area contributed by atoms with Gasteiger partial charge in [0.25, 0.3) is 0 Å². The highest BCUT2D eigenvalue weighted by molar-refractivity contribution is 5.65. The van der Waals surface area contributed by atoms with E-state index in [1.54, 1.807) is 6.20 Å². The van der Waals surface area contributed by atoms with Crippen molar-refractivity contribution in [3.63, 3.8) is 0 Å². The predicted molar refractivity (Wildman–Crippen MR) is 93.5 cm³/mol. The lowest BCUT2D eigenvalue weighted by molar-refractivity contribution is 0.960. The minimum Gasteiger partial charge on any atom is -0.340 e. The number of para-hydroxylation sites is 1. The molecule has 0 aliphatic heterocycles. The number of anilines is 4. The first kappa shape index (κ1) is 15.4. The molecule has 3 aromatic rings. The van der Waals surface area contributed by atoms with Crippen LogP contribution < -0.4 is 10.6 Å². The summed E-state index contributed by atoms with van der Waals surface area (Å²) in [5.74, 6) is 1.17. The van der Waals surface area contributed by atoms with Crippen molar-refractivity contribution in [2.45, 2.75) is 13.8 Å². The van der Waals surface area contributed by atoms with Crippen molar-refractivity contribution in [3.8, 4) is 6.07 Å². The van der Waals surface area contributed by atoms with Gasteiger partial charge in [0.15, 0.2) is 5.82 Å². The minimum atomic E-state index is 0.436. The normalized spacial score (nSPS) is 10.0. The number of benzene rings is 1. The van der Waals surface area contributed by atoms with E-state index in [0.717, 1.165) is 28.5 Å². The van der Waals surface area contributed by atoms with Crippen molar-refractivity contribution < 1.29 is 0 Å². The molecule has 0 atom stereocenters. The fraction of sp³-hybridized carbons (Fsp3) is 0.111. The Bertz CT molecular complexity index is 882. The molecule has 0 bridgehead atoms. The standard InChI is InChI=1S/C18H16N6/c1-12-13(2)23-24-18(16(12)10-19)22-15-8-9-17(20-11-15)21-14-6-4-3-5-7-14/h3-9,11H,1-2H3,(H,20,21)(H,22,24). The Morgan fingerprint density at radius 2 is 1.71 bits per heavy atom. The van der Waals surface area contributed by atoms with E-state index < -0.39 is 0 Å². The van der Waals surface area contributed by atoms with Crippen LogP contribution in [-0.4, -0.2) is 15.2 Å². The molecule has 0 saturated carbocycles. The van der Waals surface area contributed by atoms with Gasteiger partial charge in [0.05, 0.1) is 17.6 Å². The summed E-state index contributed by atoms with van der Waals surface area (Å²) in [7, 11) is 0. The minimum absolute atomic E-state index is 0.436. The molecule has 1 aromatic carbocycles. The first-order valence-corrected chi connectivity index (χ1v) is 7.46. The number of aromatic nitrogens is 3. The molecule has 24 heavy (non-hydrogen) atoms. The molecule has 2 aromatic heterocycles. The molecule has 3 rings (SSSR count). The largest absolute Gasteiger partial charge is 0.340 e. The Balaban J connectivity index is 1.78. The quantitative estimate of drug-likeness (QED) is 0.760. The van der Waals surface area contributed by atoms with Gasteiger partial charge in [-0.3, -0.25) is 0 Å². The molecule has 0 radical (unpaired) electrons. The van der Waals surface area contributed by atoms with Crippen LogP contribution in [-0.2, 0) is 0 Å². The third-order valence-corrected chi connectivity index (χ3v) is 3.64. The van der Waals surface area contributed by atoms with Crippen LogP contribution in [0.5, 0.6) is 0 Å². The summed E-state index contributed by atoms with van der Waals surface area (Å²) in [4.78, 5) is 4.36. The lowest BCUT2D eigenvalue weighted by atomic mass is 10.1. The van der Waals surface area contributed by atoms with Crippen LogP contribution in [0.15, 0.2) is 48.7 Å². The molecule has 0 spiro atoms. The highest BCUT2D eigenvalue weighted by Gasteiger charge is 2.11. The van der Waals surface area contributed by atoms with E-state index in [-0.39, 0.29) is 0 Å².